The monoisotopic (exact) mass is 328 g/mol. The summed E-state index contributed by atoms with van der Waals surface area (Å²) in [5, 5.41) is 3.40. The van der Waals surface area contributed by atoms with Crippen LogP contribution in [0.3, 0.4) is 0 Å². The van der Waals surface area contributed by atoms with Gasteiger partial charge >= 0.3 is 0 Å². The van der Waals surface area contributed by atoms with Crippen molar-refractivity contribution in [2.24, 2.45) is 11.3 Å². The molecule has 19 heavy (non-hydrogen) atoms. The Kier molecular flexibility index (Phi) is 4.59. The van der Waals surface area contributed by atoms with Crippen LogP contribution in [0.25, 0.3) is 0 Å². The fourth-order valence-corrected chi connectivity index (χ4v) is 2.52. The van der Waals surface area contributed by atoms with E-state index >= 15 is 0 Å². The molecule has 4 N–H and O–H groups in total. The summed E-state index contributed by atoms with van der Waals surface area (Å²) in [6.45, 7) is 5.53. The molecule has 0 spiro atoms. The van der Waals surface area contributed by atoms with Crippen molar-refractivity contribution in [3.63, 3.8) is 0 Å². The van der Waals surface area contributed by atoms with E-state index in [-0.39, 0.29) is 0 Å². The van der Waals surface area contributed by atoms with Crippen LogP contribution in [0.5, 0.6) is 0 Å². The topological polar surface area (TPSA) is 79.1 Å². The molecular formula is C12H21BrN6. The van der Waals surface area contributed by atoms with Crippen molar-refractivity contribution in [1.82, 2.24) is 14.9 Å². The van der Waals surface area contributed by atoms with Crippen LogP contribution in [0.1, 0.15) is 19.8 Å². The Bertz CT molecular complexity index is 430. The SMILES string of the molecule is CN1CCC(C)(CNc2nc(NN)ncc2Br)CC1. The second-order valence-corrected chi connectivity index (χ2v) is 6.36. The minimum absolute atomic E-state index is 0.313. The van der Waals surface area contributed by atoms with Gasteiger partial charge in [-0.15, -0.1) is 0 Å². The van der Waals surface area contributed by atoms with Crippen LogP contribution in [-0.2, 0) is 0 Å². The minimum atomic E-state index is 0.313. The summed E-state index contributed by atoms with van der Waals surface area (Å²) < 4.78 is 0.850. The average molecular weight is 329 g/mol. The third-order valence-corrected chi connectivity index (χ3v) is 4.33. The van der Waals surface area contributed by atoms with Gasteiger partial charge < -0.3 is 10.2 Å². The standard InChI is InChI=1S/C12H21BrN6/c1-12(3-5-19(2)6-4-12)8-16-10-9(13)7-15-11(17-10)18-14/h7H,3-6,8,14H2,1-2H3,(H2,15,16,17,18). The first-order chi connectivity index (χ1) is 9.02. The number of nitrogen functional groups attached to an aromatic ring is 1. The highest BCUT2D eigenvalue weighted by Crippen LogP contribution is 2.31. The molecule has 1 fully saturated rings. The van der Waals surface area contributed by atoms with E-state index in [0.29, 0.717) is 11.4 Å². The molecule has 0 bridgehead atoms. The van der Waals surface area contributed by atoms with Gasteiger partial charge in [-0.25, -0.2) is 10.8 Å². The molecule has 0 aromatic carbocycles. The Balaban J connectivity index is 1.98. The van der Waals surface area contributed by atoms with Crippen LogP contribution in [0, 0.1) is 5.41 Å². The number of anilines is 2. The van der Waals surface area contributed by atoms with Crippen LogP contribution in [0.15, 0.2) is 10.7 Å². The number of hydrazine groups is 1. The highest BCUT2D eigenvalue weighted by molar-refractivity contribution is 9.10. The van der Waals surface area contributed by atoms with E-state index in [1.807, 2.05) is 0 Å². The molecule has 1 aliphatic heterocycles. The van der Waals surface area contributed by atoms with Gasteiger partial charge in [0.15, 0.2) is 0 Å². The van der Waals surface area contributed by atoms with E-state index in [9.17, 15) is 0 Å². The maximum Gasteiger partial charge on any atom is 0.239 e. The van der Waals surface area contributed by atoms with Crippen molar-refractivity contribution in [1.29, 1.82) is 0 Å². The molecule has 1 aliphatic rings. The van der Waals surface area contributed by atoms with Gasteiger partial charge in [-0.2, -0.15) is 4.98 Å². The Hall–Kier alpha value is -0.920. The summed E-state index contributed by atoms with van der Waals surface area (Å²) >= 11 is 3.45. The van der Waals surface area contributed by atoms with Crippen molar-refractivity contribution in [2.45, 2.75) is 19.8 Å². The molecule has 7 heteroatoms. The van der Waals surface area contributed by atoms with Gasteiger partial charge in [0, 0.05) is 12.7 Å². The Morgan fingerprint density at radius 1 is 1.47 bits per heavy atom. The minimum Gasteiger partial charge on any atom is -0.368 e. The van der Waals surface area contributed by atoms with Crippen molar-refractivity contribution in [3.8, 4) is 0 Å². The molecule has 106 valence electrons. The highest BCUT2D eigenvalue weighted by Gasteiger charge is 2.28. The van der Waals surface area contributed by atoms with Crippen LogP contribution in [-0.4, -0.2) is 41.5 Å². The molecule has 1 aromatic rings. The molecule has 6 nitrogen and oxygen atoms in total. The molecule has 1 aromatic heterocycles. The number of piperidine rings is 1. The van der Waals surface area contributed by atoms with E-state index in [1.54, 1.807) is 6.20 Å². The maximum absolute atomic E-state index is 5.33. The maximum atomic E-state index is 5.33. The number of likely N-dealkylation sites (tertiary alicyclic amines) is 1. The molecule has 0 atom stereocenters. The quantitative estimate of drug-likeness (QED) is 0.576. The van der Waals surface area contributed by atoms with Crippen LogP contribution < -0.4 is 16.6 Å². The predicted molar refractivity (Wildman–Crippen MR) is 80.9 cm³/mol. The van der Waals surface area contributed by atoms with Gasteiger partial charge in [-0.05, 0) is 54.3 Å². The molecule has 0 aliphatic carbocycles. The fraction of sp³-hybridized carbons (Fsp3) is 0.667. The first kappa shape index (κ1) is 14.5. The van der Waals surface area contributed by atoms with Gasteiger partial charge in [0.25, 0.3) is 0 Å². The first-order valence-electron chi connectivity index (χ1n) is 6.44. The van der Waals surface area contributed by atoms with E-state index in [2.05, 4.69) is 55.5 Å². The van der Waals surface area contributed by atoms with Gasteiger partial charge in [-0.3, -0.25) is 5.43 Å². The van der Waals surface area contributed by atoms with Gasteiger partial charge in [-0.1, -0.05) is 6.92 Å². The summed E-state index contributed by atoms with van der Waals surface area (Å²) in [7, 11) is 2.17. The smallest absolute Gasteiger partial charge is 0.239 e. The molecule has 0 amide bonds. The van der Waals surface area contributed by atoms with Crippen molar-refractivity contribution >= 4 is 27.7 Å². The normalized spacial score (nSPS) is 19.2. The molecule has 1 saturated heterocycles. The van der Waals surface area contributed by atoms with Crippen molar-refractivity contribution in [3.05, 3.63) is 10.7 Å². The Morgan fingerprint density at radius 3 is 2.79 bits per heavy atom. The zero-order valence-corrected chi connectivity index (χ0v) is 13.0. The molecule has 0 unspecified atom stereocenters. The lowest BCUT2D eigenvalue weighted by Crippen LogP contribution is -2.40. The van der Waals surface area contributed by atoms with Gasteiger partial charge in [0.2, 0.25) is 5.95 Å². The number of nitrogens with two attached hydrogens (primary N) is 1. The number of halogens is 1. The summed E-state index contributed by atoms with van der Waals surface area (Å²) in [5.41, 5.74) is 2.77. The summed E-state index contributed by atoms with van der Waals surface area (Å²) in [6, 6.07) is 0. The second kappa shape index (κ2) is 6.02. The zero-order valence-electron chi connectivity index (χ0n) is 11.4. The summed E-state index contributed by atoms with van der Waals surface area (Å²) in [4.78, 5) is 10.7. The lowest BCUT2D eigenvalue weighted by atomic mass is 9.80. The summed E-state index contributed by atoms with van der Waals surface area (Å²) in [6.07, 6.45) is 4.09. The number of nitrogens with one attached hydrogen (secondary N) is 2. The molecule has 0 saturated carbocycles. The van der Waals surface area contributed by atoms with E-state index in [0.717, 1.165) is 29.9 Å². The third-order valence-electron chi connectivity index (χ3n) is 3.75. The molecule has 2 heterocycles. The van der Waals surface area contributed by atoms with Crippen LogP contribution in [0.2, 0.25) is 0 Å². The molecule has 0 radical (unpaired) electrons. The lowest BCUT2D eigenvalue weighted by molar-refractivity contribution is 0.150. The fourth-order valence-electron chi connectivity index (χ4n) is 2.19. The third kappa shape index (κ3) is 3.77. The Labute approximate surface area is 122 Å². The number of hydrogen-bond donors (Lipinski definition) is 3. The van der Waals surface area contributed by atoms with Crippen molar-refractivity contribution in [2.75, 3.05) is 37.4 Å². The first-order valence-corrected chi connectivity index (χ1v) is 7.23. The Morgan fingerprint density at radius 2 is 2.16 bits per heavy atom. The number of aromatic nitrogens is 2. The lowest BCUT2D eigenvalue weighted by Gasteiger charge is -2.38. The second-order valence-electron chi connectivity index (χ2n) is 5.50. The van der Waals surface area contributed by atoms with Crippen LogP contribution >= 0.6 is 15.9 Å². The average Bonchev–Trinajstić information content (AvgIpc) is 2.42. The van der Waals surface area contributed by atoms with Crippen molar-refractivity contribution < 1.29 is 0 Å². The molecule has 2 rings (SSSR count). The van der Waals surface area contributed by atoms with E-state index < -0.39 is 0 Å². The summed E-state index contributed by atoms with van der Waals surface area (Å²) in [5.74, 6) is 6.52. The predicted octanol–water partition coefficient (Wildman–Crippen LogP) is 1.67. The number of hydrogen-bond acceptors (Lipinski definition) is 6. The van der Waals surface area contributed by atoms with Gasteiger partial charge in [0.1, 0.15) is 5.82 Å². The van der Waals surface area contributed by atoms with E-state index in [4.69, 9.17) is 5.84 Å². The van der Waals surface area contributed by atoms with Crippen LogP contribution in [0.4, 0.5) is 11.8 Å². The number of nitrogens with zero attached hydrogens (tertiary/aromatic N) is 3. The van der Waals surface area contributed by atoms with E-state index in [1.165, 1.54) is 12.8 Å². The zero-order chi connectivity index (χ0) is 13.9. The van der Waals surface area contributed by atoms with Gasteiger partial charge in [0.05, 0.1) is 4.47 Å². The number of rotatable bonds is 4. The largest absolute Gasteiger partial charge is 0.368 e. The molecular weight excluding hydrogens is 308 g/mol. The highest BCUT2D eigenvalue weighted by atomic mass is 79.9.